The van der Waals surface area contributed by atoms with E-state index in [0.29, 0.717) is 49.5 Å². The van der Waals surface area contributed by atoms with Crippen LogP contribution in [0.25, 0.3) is 0 Å². The van der Waals surface area contributed by atoms with Crippen molar-refractivity contribution in [1.82, 2.24) is 14.7 Å². The number of carbonyl (C=O) groups is 1. The highest BCUT2D eigenvalue weighted by Crippen LogP contribution is 2.39. The molecule has 3 fully saturated rings. The summed E-state index contributed by atoms with van der Waals surface area (Å²) in [4.78, 5) is 15.3. The van der Waals surface area contributed by atoms with Crippen LogP contribution in [0.3, 0.4) is 0 Å². The second-order valence-electron chi connectivity index (χ2n) is 9.89. The molecule has 0 spiro atoms. The van der Waals surface area contributed by atoms with Gasteiger partial charge in [0, 0.05) is 24.7 Å². The number of fused-ring (bicyclic) bond motifs is 2. The highest BCUT2D eigenvalue weighted by atomic mass is 16.6. The van der Waals surface area contributed by atoms with Gasteiger partial charge < -0.3 is 18.9 Å². The molecule has 1 aromatic heterocycles. The van der Waals surface area contributed by atoms with Crippen molar-refractivity contribution >= 4 is 11.8 Å². The van der Waals surface area contributed by atoms with E-state index in [-0.39, 0.29) is 12.6 Å². The molecule has 2 aromatic rings. The fourth-order valence-corrected chi connectivity index (χ4v) is 5.84. The molecule has 2 aliphatic heterocycles. The molecule has 5 rings (SSSR count). The van der Waals surface area contributed by atoms with Crippen LogP contribution in [0.4, 0.5) is 10.5 Å². The van der Waals surface area contributed by atoms with Gasteiger partial charge in [-0.2, -0.15) is 0 Å². The van der Waals surface area contributed by atoms with Crippen LogP contribution in [0.2, 0.25) is 0 Å². The van der Waals surface area contributed by atoms with Crippen molar-refractivity contribution in [2.45, 2.75) is 76.2 Å². The van der Waals surface area contributed by atoms with E-state index in [9.17, 15) is 4.79 Å². The first kappa shape index (κ1) is 25.0. The van der Waals surface area contributed by atoms with Gasteiger partial charge in [0.05, 0.1) is 32.1 Å². The molecule has 9 heteroatoms. The lowest BCUT2D eigenvalue weighted by Crippen LogP contribution is -2.52. The van der Waals surface area contributed by atoms with E-state index in [2.05, 4.69) is 10.2 Å². The van der Waals surface area contributed by atoms with Crippen molar-refractivity contribution < 1.29 is 23.7 Å². The number of nitrogens with one attached hydrogen (secondary N) is 1. The number of hydrogen-bond acceptors (Lipinski definition) is 7. The summed E-state index contributed by atoms with van der Waals surface area (Å²) in [7, 11) is 0. The minimum absolute atomic E-state index is 0.203. The van der Waals surface area contributed by atoms with Gasteiger partial charge in [0.15, 0.2) is 0 Å². The summed E-state index contributed by atoms with van der Waals surface area (Å²) >= 11 is 0. The van der Waals surface area contributed by atoms with Crippen molar-refractivity contribution in [3.8, 4) is 5.88 Å². The van der Waals surface area contributed by atoms with Gasteiger partial charge in [0.2, 0.25) is 0 Å². The van der Waals surface area contributed by atoms with Crippen molar-refractivity contribution in [3.63, 3.8) is 0 Å². The third kappa shape index (κ3) is 6.02. The Morgan fingerprint density at radius 3 is 2.42 bits per heavy atom. The standard InChI is InChI=1S/C27H38N4O5/c1-2-33-14-15-35-26-25(28-27(32)36-17-20-6-4-3-5-7-20)16-30(29-26)21-8-10-22(11-9-21)31-23-12-13-24(31)19-34-18-23/h3-7,16,21-24H,2,8-15,17-19H2,1H3,(H,28,32)/t21-,22-,23-,24+. The minimum Gasteiger partial charge on any atom is -0.473 e. The van der Waals surface area contributed by atoms with Gasteiger partial charge in [-0.3, -0.25) is 14.9 Å². The Bertz CT molecular complexity index is 960. The molecule has 2 atom stereocenters. The summed E-state index contributed by atoms with van der Waals surface area (Å²) in [5.74, 6) is 0.403. The summed E-state index contributed by atoms with van der Waals surface area (Å²) in [5, 5.41) is 7.55. The average molecular weight is 499 g/mol. The molecule has 1 aromatic carbocycles. The second-order valence-corrected chi connectivity index (χ2v) is 9.89. The van der Waals surface area contributed by atoms with Gasteiger partial charge in [0.25, 0.3) is 5.88 Å². The molecule has 1 aliphatic carbocycles. The quantitative estimate of drug-likeness (QED) is 0.486. The molecule has 0 unspecified atom stereocenters. The lowest BCUT2D eigenvalue weighted by Gasteiger charge is -2.43. The molecule has 0 radical (unpaired) electrons. The number of carbonyl (C=O) groups excluding carboxylic acids is 1. The second kappa shape index (κ2) is 12.1. The van der Waals surface area contributed by atoms with Crippen molar-refractivity contribution in [2.75, 3.05) is 38.4 Å². The summed E-state index contributed by atoms with van der Waals surface area (Å²) in [6.45, 7) is 5.38. The zero-order valence-electron chi connectivity index (χ0n) is 21.1. The van der Waals surface area contributed by atoms with Gasteiger partial charge in [-0.05, 0) is 51.0 Å². The van der Waals surface area contributed by atoms with E-state index in [1.54, 1.807) is 0 Å². The Labute approximate surface area is 213 Å². The molecule has 9 nitrogen and oxygen atoms in total. The van der Waals surface area contributed by atoms with Crippen LogP contribution < -0.4 is 10.1 Å². The Kier molecular flexibility index (Phi) is 8.40. The monoisotopic (exact) mass is 498 g/mol. The lowest BCUT2D eigenvalue weighted by atomic mass is 9.89. The molecule has 196 valence electrons. The van der Waals surface area contributed by atoms with Crippen molar-refractivity contribution in [3.05, 3.63) is 42.1 Å². The molecule has 3 aliphatic rings. The van der Waals surface area contributed by atoms with Crippen molar-refractivity contribution in [1.29, 1.82) is 0 Å². The van der Waals surface area contributed by atoms with Gasteiger partial charge in [0.1, 0.15) is 18.9 Å². The number of nitrogens with zero attached hydrogens (tertiary/aromatic N) is 3. The SMILES string of the molecule is CCOCCOc1nn([C@H]2CC[C@H](N3[C@@H]4CC[C@H]3COC4)CC2)cc1NC(=O)OCc1ccccc1. The Hall–Kier alpha value is -2.62. The number of rotatable bonds is 10. The summed E-state index contributed by atoms with van der Waals surface area (Å²) < 4.78 is 24.4. The van der Waals surface area contributed by atoms with Gasteiger partial charge in [-0.15, -0.1) is 5.10 Å². The topological polar surface area (TPSA) is 87.1 Å². The summed E-state index contributed by atoms with van der Waals surface area (Å²) in [5.41, 5.74) is 1.46. The number of aromatic nitrogens is 2. The van der Waals surface area contributed by atoms with Gasteiger partial charge in [-0.25, -0.2) is 4.79 Å². The minimum atomic E-state index is -0.528. The van der Waals surface area contributed by atoms with E-state index in [0.717, 1.165) is 44.5 Å². The zero-order valence-corrected chi connectivity index (χ0v) is 21.1. The first-order chi connectivity index (χ1) is 17.7. The van der Waals surface area contributed by atoms with Gasteiger partial charge >= 0.3 is 6.09 Å². The molecular weight excluding hydrogens is 460 g/mol. The molecule has 2 bridgehead atoms. The van der Waals surface area contributed by atoms with Crippen LogP contribution in [0.1, 0.15) is 57.1 Å². The normalized spacial score (nSPS) is 26.0. The van der Waals surface area contributed by atoms with Crippen LogP contribution in [-0.4, -0.2) is 71.9 Å². The lowest BCUT2D eigenvalue weighted by molar-refractivity contribution is -0.0458. The zero-order chi connectivity index (χ0) is 24.7. The smallest absolute Gasteiger partial charge is 0.412 e. The number of anilines is 1. The molecule has 1 N–H and O–H groups in total. The Morgan fingerprint density at radius 1 is 1.00 bits per heavy atom. The van der Waals surface area contributed by atoms with Crippen LogP contribution in [-0.2, 0) is 20.8 Å². The maximum atomic E-state index is 12.5. The average Bonchev–Trinajstić information content (AvgIpc) is 3.42. The van der Waals surface area contributed by atoms with E-state index in [1.807, 2.05) is 48.1 Å². The molecule has 1 amide bonds. The molecule has 36 heavy (non-hydrogen) atoms. The molecular formula is C27H38N4O5. The van der Waals surface area contributed by atoms with Crippen LogP contribution >= 0.6 is 0 Å². The van der Waals surface area contributed by atoms with Crippen molar-refractivity contribution in [2.24, 2.45) is 0 Å². The number of amides is 1. The predicted octanol–water partition coefficient (Wildman–Crippen LogP) is 4.39. The third-order valence-electron chi connectivity index (χ3n) is 7.58. The maximum absolute atomic E-state index is 12.5. The number of benzene rings is 1. The highest BCUT2D eigenvalue weighted by molar-refractivity contribution is 5.86. The summed E-state index contributed by atoms with van der Waals surface area (Å²) in [6, 6.07) is 11.7. The van der Waals surface area contributed by atoms with E-state index in [1.165, 1.54) is 12.8 Å². The number of hydrogen-bond donors (Lipinski definition) is 1. The van der Waals surface area contributed by atoms with Crippen LogP contribution in [0, 0.1) is 0 Å². The van der Waals surface area contributed by atoms with Gasteiger partial charge in [-0.1, -0.05) is 30.3 Å². The fraction of sp³-hybridized carbons (Fsp3) is 0.630. The Morgan fingerprint density at radius 2 is 1.69 bits per heavy atom. The van der Waals surface area contributed by atoms with Crippen LogP contribution in [0.5, 0.6) is 5.88 Å². The van der Waals surface area contributed by atoms with E-state index < -0.39 is 6.09 Å². The largest absolute Gasteiger partial charge is 0.473 e. The summed E-state index contributed by atoms with van der Waals surface area (Å²) in [6.07, 6.45) is 8.30. The maximum Gasteiger partial charge on any atom is 0.412 e. The predicted molar refractivity (Wildman–Crippen MR) is 135 cm³/mol. The van der Waals surface area contributed by atoms with E-state index in [4.69, 9.17) is 24.0 Å². The molecule has 1 saturated carbocycles. The molecule has 3 heterocycles. The Balaban J connectivity index is 1.20. The van der Waals surface area contributed by atoms with E-state index >= 15 is 0 Å². The first-order valence-electron chi connectivity index (χ1n) is 13.3. The highest BCUT2D eigenvalue weighted by Gasteiger charge is 2.42. The van der Waals surface area contributed by atoms with Crippen LogP contribution in [0.15, 0.2) is 36.5 Å². The molecule has 2 saturated heterocycles. The number of ether oxygens (including phenoxy) is 4. The fourth-order valence-electron chi connectivity index (χ4n) is 5.84. The first-order valence-corrected chi connectivity index (χ1v) is 13.3. The number of morpholine rings is 1. The third-order valence-corrected chi connectivity index (χ3v) is 7.58.